The number of ether oxygens (including phenoxy) is 1. The Kier molecular flexibility index (Phi) is 8.98. The van der Waals surface area contributed by atoms with E-state index >= 15 is 0 Å². The molecule has 1 rings (SSSR count). The number of hydrogen-bond donors (Lipinski definition) is 3. The molecule has 0 aliphatic heterocycles. The van der Waals surface area contributed by atoms with Crippen LogP contribution in [0.25, 0.3) is 0 Å². The third kappa shape index (κ3) is 5.52. The van der Waals surface area contributed by atoms with Crippen molar-refractivity contribution in [1.29, 1.82) is 0 Å². The molecule has 130 valence electrons. The van der Waals surface area contributed by atoms with Gasteiger partial charge in [0.2, 0.25) is 0 Å². The summed E-state index contributed by atoms with van der Waals surface area (Å²) in [6, 6.07) is 0. The molecule has 5 nitrogen and oxygen atoms in total. The third-order valence-electron chi connectivity index (χ3n) is 5.26. The van der Waals surface area contributed by atoms with Gasteiger partial charge in [0.25, 0.3) is 0 Å². The van der Waals surface area contributed by atoms with Crippen LogP contribution in [0.1, 0.15) is 51.9 Å². The lowest BCUT2D eigenvalue weighted by Crippen LogP contribution is -2.30. The van der Waals surface area contributed by atoms with Crippen LogP contribution in [-0.2, 0) is 9.53 Å². The van der Waals surface area contributed by atoms with E-state index in [1.54, 1.807) is 0 Å². The van der Waals surface area contributed by atoms with Gasteiger partial charge in [-0.2, -0.15) is 0 Å². The highest BCUT2D eigenvalue weighted by Gasteiger charge is 2.42. The Morgan fingerprint density at radius 3 is 2.45 bits per heavy atom. The average Bonchev–Trinajstić information content (AvgIpc) is 2.85. The van der Waals surface area contributed by atoms with Crippen molar-refractivity contribution in [3.63, 3.8) is 0 Å². The van der Waals surface area contributed by atoms with Crippen LogP contribution in [0.15, 0.2) is 0 Å². The highest BCUT2D eigenvalue weighted by atomic mass is 16.5. The summed E-state index contributed by atoms with van der Waals surface area (Å²) in [5.41, 5.74) is 0. The first kappa shape index (κ1) is 19.4. The van der Waals surface area contributed by atoms with Crippen molar-refractivity contribution >= 4 is 5.97 Å². The van der Waals surface area contributed by atoms with Gasteiger partial charge >= 0.3 is 5.97 Å². The van der Waals surface area contributed by atoms with Crippen LogP contribution in [0.2, 0.25) is 0 Å². The summed E-state index contributed by atoms with van der Waals surface area (Å²) in [6.07, 6.45) is 5.56. The van der Waals surface area contributed by atoms with Gasteiger partial charge in [-0.25, -0.2) is 0 Å². The van der Waals surface area contributed by atoms with E-state index in [0.717, 1.165) is 38.5 Å². The van der Waals surface area contributed by atoms with Crippen LogP contribution in [0.5, 0.6) is 0 Å². The SMILES string of the molecule is COC(=O)CCCCCCC1C(CO)C(C)CC1C(O)CO. The Balaban J connectivity index is 2.35. The first-order valence-corrected chi connectivity index (χ1v) is 8.51. The van der Waals surface area contributed by atoms with Crippen molar-refractivity contribution in [3.8, 4) is 0 Å². The van der Waals surface area contributed by atoms with Crippen molar-refractivity contribution in [2.75, 3.05) is 20.3 Å². The first-order chi connectivity index (χ1) is 10.5. The zero-order chi connectivity index (χ0) is 16.5. The summed E-state index contributed by atoms with van der Waals surface area (Å²) >= 11 is 0. The van der Waals surface area contributed by atoms with E-state index in [-0.39, 0.29) is 36.9 Å². The second-order valence-electron chi connectivity index (χ2n) is 6.67. The van der Waals surface area contributed by atoms with Crippen molar-refractivity contribution in [3.05, 3.63) is 0 Å². The number of rotatable bonds is 10. The Bertz CT molecular complexity index is 320. The number of methoxy groups -OCH3 is 1. The van der Waals surface area contributed by atoms with E-state index in [1.165, 1.54) is 7.11 Å². The summed E-state index contributed by atoms with van der Waals surface area (Å²) in [5.74, 6) is 0.827. The molecule has 5 atom stereocenters. The summed E-state index contributed by atoms with van der Waals surface area (Å²) in [7, 11) is 1.41. The maximum absolute atomic E-state index is 11.0. The lowest BCUT2D eigenvalue weighted by atomic mass is 9.81. The van der Waals surface area contributed by atoms with Gasteiger partial charge in [0, 0.05) is 13.0 Å². The van der Waals surface area contributed by atoms with Crippen LogP contribution in [0.3, 0.4) is 0 Å². The van der Waals surface area contributed by atoms with Gasteiger partial charge in [-0.1, -0.05) is 26.2 Å². The number of aliphatic hydroxyl groups is 3. The summed E-state index contributed by atoms with van der Waals surface area (Å²) in [4.78, 5) is 11.0. The molecule has 0 aromatic heterocycles. The molecule has 3 N–H and O–H groups in total. The molecule has 0 bridgehead atoms. The van der Waals surface area contributed by atoms with E-state index in [0.29, 0.717) is 12.3 Å². The van der Waals surface area contributed by atoms with Crippen LogP contribution in [0.4, 0.5) is 0 Å². The lowest BCUT2D eigenvalue weighted by molar-refractivity contribution is -0.140. The zero-order valence-electron chi connectivity index (χ0n) is 13.9. The van der Waals surface area contributed by atoms with Gasteiger partial charge in [-0.3, -0.25) is 4.79 Å². The topological polar surface area (TPSA) is 87.0 Å². The summed E-state index contributed by atoms with van der Waals surface area (Å²) in [6.45, 7) is 2.07. The Hall–Kier alpha value is -0.650. The highest BCUT2D eigenvalue weighted by molar-refractivity contribution is 5.68. The van der Waals surface area contributed by atoms with Crippen molar-refractivity contribution in [2.45, 2.75) is 58.0 Å². The largest absolute Gasteiger partial charge is 0.469 e. The molecule has 22 heavy (non-hydrogen) atoms. The van der Waals surface area contributed by atoms with E-state index < -0.39 is 6.10 Å². The van der Waals surface area contributed by atoms with Crippen LogP contribution < -0.4 is 0 Å². The highest BCUT2D eigenvalue weighted by Crippen LogP contribution is 2.45. The van der Waals surface area contributed by atoms with Gasteiger partial charge in [-0.15, -0.1) is 0 Å². The number of unbranched alkanes of at least 4 members (excludes halogenated alkanes) is 3. The Labute approximate surface area is 133 Å². The second kappa shape index (κ2) is 10.2. The lowest BCUT2D eigenvalue weighted by Gasteiger charge is -2.27. The molecule has 0 heterocycles. The average molecular weight is 316 g/mol. The van der Waals surface area contributed by atoms with E-state index in [2.05, 4.69) is 11.7 Å². The second-order valence-corrected chi connectivity index (χ2v) is 6.67. The monoisotopic (exact) mass is 316 g/mol. The van der Waals surface area contributed by atoms with Gasteiger partial charge in [-0.05, 0) is 42.9 Å². The molecule has 5 heteroatoms. The Morgan fingerprint density at radius 1 is 1.18 bits per heavy atom. The smallest absolute Gasteiger partial charge is 0.305 e. The normalized spacial score (nSPS) is 29.5. The molecule has 1 aliphatic carbocycles. The molecule has 1 saturated carbocycles. The van der Waals surface area contributed by atoms with Crippen molar-refractivity contribution in [2.24, 2.45) is 23.7 Å². The minimum absolute atomic E-state index is 0.0900. The van der Waals surface area contributed by atoms with Crippen molar-refractivity contribution < 1.29 is 24.9 Å². The number of esters is 1. The zero-order valence-corrected chi connectivity index (χ0v) is 13.9. The van der Waals surface area contributed by atoms with Crippen LogP contribution in [-0.4, -0.2) is 47.7 Å². The molecule has 0 aromatic rings. The summed E-state index contributed by atoms with van der Waals surface area (Å²) < 4.78 is 4.61. The molecular weight excluding hydrogens is 284 g/mol. The fourth-order valence-corrected chi connectivity index (χ4v) is 3.94. The first-order valence-electron chi connectivity index (χ1n) is 8.51. The minimum Gasteiger partial charge on any atom is -0.469 e. The number of carbonyl (C=O) groups excluding carboxylic acids is 1. The fraction of sp³-hybridized carbons (Fsp3) is 0.941. The minimum atomic E-state index is -0.677. The number of hydrogen-bond acceptors (Lipinski definition) is 5. The maximum atomic E-state index is 11.0. The number of carbonyl (C=O) groups is 1. The quantitative estimate of drug-likeness (QED) is 0.422. The molecule has 0 amide bonds. The van der Waals surface area contributed by atoms with E-state index in [9.17, 15) is 20.1 Å². The Morgan fingerprint density at radius 2 is 1.86 bits per heavy atom. The molecule has 5 unspecified atom stereocenters. The van der Waals surface area contributed by atoms with Crippen molar-refractivity contribution in [1.82, 2.24) is 0 Å². The maximum Gasteiger partial charge on any atom is 0.305 e. The van der Waals surface area contributed by atoms with E-state index in [4.69, 9.17) is 0 Å². The van der Waals surface area contributed by atoms with Gasteiger partial charge in [0.15, 0.2) is 0 Å². The van der Waals surface area contributed by atoms with Crippen LogP contribution in [0, 0.1) is 23.7 Å². The predicted molar refractivity (Wildman–Crippen MR) is 84.1 cm³/mol. The molecule has 0 aromatic carbocycles. The van der Waals surface area contributed by atoms with Gasteiger partial charge in [0.1, 0.15) is 0 Å². The number of aliphatic hydroxyl groups excluding tert-OH is 3. The summed E-state index contributed by atoms with van der Waals surface area (Å²) in [5, 5.41) is 28.8. The molecule has 1 aliphatic rings. The van der Waals surface area contributed by atoms with E-state index in [1.807, 2.05) is 0 Å². The standard InChI is InChI=1S/C17H32O5/c1-12-9-14(16(20)11-19)13(15(12)10-18)7-5-3-4-6-8-17(21)22-2/h12-16,18-20H,3-11H2,1-2H3. The molecule has 0 radical (unpaired) electrons. The molecule has 1 fully saturated rings. The van der Waals surface area contributed by atoms with Gasteiger partial charge < -0.3 is 20.1 Å². The third-order valence-corrected chi connectivity index (χ3v) is 5.26. The van der Waals surface area contributed by atoms with Gasteiger partial charge in [0.05, 0.1) is 19.8 Å². The van der Waals surface area contributed by atoms with Crippen LogP contribution >= 0.6 is 0 Å². The molecular formula is C17H32O5. The fourth-order valence-electron chi connectivity index (χ4n) is 3.94. The molecule has 0 spiro atoms. The molecule has 0 saturated heterocycles. The predicted octanol–water partition coefficient (Wildman–Crippen LogP) is 1.73.